The van der Waals surface area contributed by atoms with E-state index < -0.39 is 0 Å². The number of aromatic amines is 1. The summed E-state index contributed by atoms with van der Waals surface area (Å²) >= 11 is 0. The standard InChI is InChI=1S/C16H15N3O/c20-15-12-6-8-17-10-14(12)18-16-13(15)7-9-19(16)11-4-2-1-3-5-11/h1-2,4,6,8,10H,3,5,7,9H2,(H,18,20). The number of nitrogens with one attached hydrogen (secondary N) is 1. The summed E-state index contributed by atoms with van der Waals surface area (Å²) in [5, 5.41) is 0.734. The van der Waals surface area contributed by atoms with Crippen molar-refractivity contribution < 1.29 is 0 Å². The molecule has 0 unspecified atom stereocenters. The number of aromatic nitrogens is 2. The highest BCUT2D eigenvalue weighted by molar-refractivity contribution is 5.82. The molecule has 2 aromatic rings. The number of anilines is 1. The molecule has 2 aliphatic rings. The molecule has 2 aromatic heterocycles. The molecule has 0 spiro atoms. The average Bonchev–Trinajstić information content (AvgIpc) is 2.92. The normalized spacial score (nSPS) is 17.4. The molecule has 0 saturated heterocycles. The van der Waals surface area contributed by atoms with E-state index in [-0.39, 0.29) is 5.43 Å². The first-order valence-electron chi connectivity index (χ1n) is 6.97. The lowest BCUT2D eigenvalue weighted by Gasteiger charge is -2.23. The van der Waals surface area contributed by atoms with E-state index in [2.05, 4.69) is 33.1 Å². The van der Waals surface area contributed by atoms with Crippen molar-refractivity contribution in [2.75, 3.05) is 11.4 Å². The van der Waals surface area contributed by atoms with E-state index in [1.807, 2.05) is 0 Å². The molecule has 0 atom stereocenters. The Labute approximate surface area is 116 Å². The number of rotatable bonds is 1. The van der Waals surface area contributed by atoms with E-state index in [9.17, 15) is 4.79 Å². The quantitative estimate of drug-likeness (QED) is 0.862. The zero-order valence-corrected chi connectivity index (χ0v) is 11.1. The van der Waals surface area contributed by atoms with Gasteiger partial charge in [0, 0.05) is 29.4 Å². The maximum atomic E-state index is 12.5. The molecule has 4 rings (SSSR count). The summed E-state index contributed by atoms with van der Waals surface area (Å²) in [6.45, 7) is 0.879. The summed E-state index contributed by atoms with van der Waals surface area (Å²) in [6.07, 6.45) is 12.7. The summed E-state index contributed by atoms with van der Waals surface area (Å²) in [5.74, 6) is 0.956. The molecule has 20 heavy (non-hydrogen) atoms. The van der Waals surface area contributed by atoms with Gasteiger partial charge in [-0.2, -0.15) is 0 Å². The lowest BCUT2D eigenvalue weighted by molar-refractivity contribution is 0.842. The number of pyridine rings is 2. The van der Waals surface area contributed by atoms with Gasteiger partial charge in [-0.1, -0.05) is 12.2 Å². The van der Waals surface area contributed by atoms with Crippen molar-refractivity contribution in [2.45, 2.75) is 19.3 Å². The van der Waals surface area contributed by atoms with Crippen LogP contribution in [0.3, 0.4) is 0 Å². The van der Waals surface area contributed by atoms with Gasteiger partial charge in [0.05, 0.1) is 11.7 Å². The second kappa shape index (κ2) is 4.34. The third kappa shape index (κ3) is 1.61. The Hall–Kier alpha value is -2.36. The van der Waals surface area contributed by atoms with Crippen LogP contribution < -0.4 is 10.3 Å². The highest BCUT2D eigenvalue weighted by Crippen LogP contribution is 2.31. The molecule has 0 amide bonds. The summed E-state index contributed by atoms with van der Waals surface area (Å²) in [5.41, 5.74) is 3.14. The topological polar surface area (TPSA) is 49.0 Å². The van der Waals surface area contributed by atoms with Gasteiger partial charge in [-0.25, -0.2) is 0 Å². The molecule has 1 N–H and O–H groups in total. The minimum absolute atomic E-state index is 0.144. The monoisotopic (exact) mass is 265 g/mol. The first-order chi connectivity index (χ1) is 9.84. The van der Waals surface area contributed by atoms with Gasteiger partial charge in [-0.3, -0.25) is 9.78 Å². The van der Waals surface area contributed by atoms with Gasteiger partial charge in [0.1, 0.15) is 5.82 Å². The average molecular weight is 265 g/mol. The van der Waals surface area contributed by atoms with Crippen LogP contribution in [0.4, 0.5) is 5.82 Å². The molecule has 0 bridgehead atoms. The van der Waals surface area contributed by atoms with Crippen molar-refractivity contribution in [2.24, 2.45) is 0 Å². The fourth-order valence-electron chi connectivity index (χ4n) is 3.06. The maximum absolute atomic E-state index is 12.5. The summed E-state index contributed by atoms with van der Waals surface area (Å²) in [6, 6.07) is 1.79. The van der Waals surface area contributed by atoms with Gasteiger partial charge in [-0.05, 0) is 31.4 Å². The lowest BCUT2D eigenvalue weighted by Crippen LogP contribution is -2.21. The van der Waals surface area contributed by atoms with Gasteiger partial charge in [0.15, 0.2) is 5.43 Å². The van der Waals surface area contributed by atoms with E-state index in [0.29, 0.717) is 0 Å². The van der Waals surface area contributed by atoms with Crippen molar-refractivity contribution in [3.63, 3.8) is 0 Å². The molecule has 0 aromatic carbocycles. The molecule has 3 heterocycles. The highest BCUT2D eigenvalue weighted by Gasteiger charge is 2.26. The zero-order valence-electron chi connectivity index (χ0n) is 11.1. The number of fused-ring (bicyclic) bond motifs is 2. The molecule has 0 radical (unpaired) electrons. The molecule has 100 valence electrons. The minimum atomic E-state index is 0.144. The van der Waals surface area contributed by atoms with Crippen LogP contribution in [0.5, 0.6) is 0 Å². The van der Waals surface area contributed by atoms with Crippen molar-refractivity contribution in [1.29, 1.82) is 0 Å². The zero-order chi connectivity index (χ0) is 13.5. The summed E-state index contributed by atoms with van der Waals surface area (Å²) in [4.78, 5) is 22.3. The second-order valence-corrected chi connectivity index (χ2v) is 5.23. The first-order valence-corrected chi connectivity index (χ1v) is 6.97. The van der Waals surface area contributed by atoms with Crippen LogP contribution in [0.15, 0.2) is 47.2 Å². The molecule has 4 nitrogen and oxygen atoms in total. The van der Waals surface area contributed by atoms with Crippen LogP contribution in [0.25, 0.3) is 10.9 Å². The first kappa shape index (κ1) is 11.5. The summed E-state index contributed by atoms with van der Waals surface area (Å²) in [7, 11) is 0. The van der Waals surface area contributed by atoms with Gasteiger partial charge in [-0.15, -0.1) is 0 Å². The van der Waals surface area contributed by atoms with Gasteiger partial charge in [0.2, 0.25) is 0 Å². The SMILES string of the molecule is O=c1c2c([nH]c3cnccc13)N(C1=CC=CCC1)CC2. The molecule has 0 saturated carbocycles. The van der Waals surface area contributed by atoms with Crippen molar-refractivity contribution >= 4 is 16.7 Å². The molecular weight excluding hydrogens is 250 g/mol. The van der Waals surface area contributed by atoms with E-state index in [4.69, 9.17) is 0 Å². The van der Waals surface area contributed by atoms with E-state index in [0.717, 1.165) is 48.1 Å². The van der Waals surface area contributed by atoms with E-state index in [1.165, 1.54) is 5.70 Å². The third-order valence-electron chi connectivity index (χ3n) is 4.07. The molecule has 0 fully saturated rings. The lowest BCUT2D eigenvalue weighted by atomic mass is 10.1. The smallest absolute Gasteiger partial charge is 0.194 e. The number of hydrogen-bond acceptors (Lipinski definition) is 3. The Morgan fingerprint density at radius 2 is 2.25 bits per heavy atom. The summed E-state index contributed by atoms with van der Waals surface area (Å²) < 4.78 is 0. The largest absolute Gasteiger partial charge is 0.339 e. The van der Waals surface area contributed by atoms with Crippen molar-refractivity contribution in [3.8, 4) is 0 Å². The van der Waals surface area contributed by atoms with Gasteiger partial charge < -0.3 is 9.88 Å². The highest BCUT2D eigenvalue weighted by atomic mass is 16.1. The van der Waals surface area contributed by atoms with Crippen LogP contribution >= 0.6 is 0 Å². The maximum Gasteiger partial charge on any atom is 0.194 e. The Bertz CT molecular complexity index is 801. The predicted octanol–water partition coefficient (Wildman–Crippen LogP) is 2.52. The Kier molecular flexibility index (Phi) is 2.49. The number of H-pyrrole nitrogens is 1. The van der Waals surface area contributed by atoms with Crippen LogP contribution in [0.2, 0.25) is 0 Å². The third-order valence-corrected chi connectivity index (χ3v) is 4.07. The van der Waals surface area contributed by atoms with Gasteiger partial charge in [0.25, 0.3) is 0 Å². The van der Waals surface area contributed by atoms with E-state index in [1.54, 1.807) is 18.5 Å². The number of allylic oxidation sites excluding steroid dienone is 4. The van der Waals surface area contributed by atoms with E-state index >= 15 is 0 Å². The van der Waals surface area contributed by atoms with Crippen molar-refractivity contribution in [1.82, 2.24) is 9.97 Å². The Balaban J connectivity index is 1.91. The molecular formula is C16H15N3O. The predicted molar refractivity (Wildman–Crippen MR) is 79.9 cm³/mol. The van der Waals surface area contributed by atoms with Crippen LogP contribution in [-0.2, 0) is 6.42 Å². The second-order valence-electron chi connectivity index (χ2n) is 5.23. The fourth-order valence-corrected chi connectivity index (χ4v) is 3.06. The Morgan fingerprint density at radius 1 is 1.30 bits per heavy atom. The molecule has 4 heteroatoms. The number of nitrogens with zero attached hydrogens (tertiary/aromatic N) is 2. The Morgan fingerprint density at radius 3 is 3.10 bits per heavy atom. The van der Waals surface area contributed by atoms with Gasteiger partial charge >= 0.3 is 0 Å². The van der Waals surface area contributed by atoms with Crippen molar-refractivity contribution in [3.05, 3.63) is 58.2 Å². The van der Waals surface area contributed by atoms with Crippen LogP contribution in [0, 0.1) is 0 Å². The fraction of sp³-hybridized carbons (Fsp3) is 0.250. The van der Waals surface area contributed by atoms with Crippen LogP contribution in [-0.4, -0.2) is 16.5 Å². The molecule has 1 aliphatic heterocycles. The molecule has 1 aliphatic carbocycles. The minimum Gasteiger partial charge on any atom is -0.339 e. The number of hydrogen-bond donors (Lipinski definition) is 1. The van der Waals surface area contributed by atoms with Crippen LogP contribution in [0.1, 0.15) is 18.4 Å².